The SMILES string of the molecule is NC(=O)OC(=O)n1ncc2ccccc21. The zero-order valence-corrected chi connectivity index (χ0v) is 7.58. The van der Waals surface area contributed by atoms with Crippen LogP contribution in [0.4, 0.5) is 9.59 Å². The van der Waals surface area contributed by atoms with Crippen molar-refractivity contribution in [3.63, 3.8) is 0 Å². The van der Waals surface area contributed by atoms with Gasteiger partial charge in [-0.05, 0) is 6.07 Å². The summed E-state index contributed by atoms with van der Waals surface area (Å²) in [6, 6.07) is 7.03. The number of nitrogens with zero attached hydrogens (tertiary/aromatic N) is 2. The first kappa shape index (κ1) is 9.20. The van der Waals surface area contributed by atoms with Crippen molar-refractivity contribution in [2.45, 2.75) is 0 Å². The van der Waals surface area contributed by atoms with Crippen molar-refractivity contribution in [3.8, 4) is 0 Å². The molecule has 15 heavy (non-hydrogen) atoms. The Morgan fingerprint density at radius 3 is 2.80 bits per heavy atom. The number of fused-ring (bicyclic) bond motifs is 1. The van der Waals surface area contributed by atoms with Crippen LogP contribution in [0.1, 0.15) is 0 Å². The first-order valence-corrected chi connectivity index (χ1v) is 4.13. The second kappa shape index (κ2) is 3.41. The molecule has 2 aromatic rings. The van der Waals surface area contributed by atoms with Gasteiger partial charge in [0.1, 0.15) is 0 Å². The fourth-order valence-electron chi connectivity index (χ4n) is 1.25. The summed E-state index contributed by atoms with van der Waals surface area (Å²) < 4.78 is 5.18. The van der Waals surface area contributed by atoms with Gasteiger partial charge in [-0.2, -0.15) is 9.78 Å². The molecule has 1 heterocycles. The molecule has 0 fully saturated rings. The summed E-state index contributed by atoms with van der Waals surface area (Å²) in [5, 5.41) is 4.56. The summed E-state index contributed by atoms with van der Waals surface area (Å²) >= 11 is 0. The van der Waals surface area contributed by atoms with Gasteiger partial charge in [0, 0.05) is 5.39 Å². The van der Waals surface area contributed by atoms with Crippen LogP contribution in [0.3, 0.4) is 0 Å². The van der Waals surface area contributed by atoms with E-state index in [1.165, 1.54) is 6.20 Å². The van der Waals surface area contributed by atoms with Crippen LogP contribution in [0, 0.1) is 0 Å². The molecule has 0 radical (unpaired) electrons. The van der Waals surface area contributed by atoms with E-state index in [1.54, 1.807) is 18.2 Å². The van der Waals surface area contributed by atoms with Crippen LogP contribution in [-0.4, -0.2) is 22.0 Å². The van der Waals surface area contributed by atoms with Crippen LogP contribution in [0.15, 0.2) is 30.5 Å². The monoisotopic (exact) mass is 205 g/mol. The molecule has 2 N–H and O–H groups in total. The molecule has 0 spiro atoms. The van der Waals surface area contributed by atoms with E-state index in [0.717, 1.165) is 10.1 Å². The molecule has 1 amide bonds. The lowest BCUT2D eigenvalue weighted by Gasteiger charge is -1.99. The highest BCUT2D eigenvalue weighted by molar-refractivity contribution is 5.91. The zero-order chi connectivity index (χ0) is 10.8. The molecule has 6 heteroatoms. The Hall–Kier alpha value is -2.37. The summed E-state index contributed by atoms with van der Waals surface area (Å²) in [6.45, 7) is 0. The van der Waals surface area contributed by atoms with Crippen molar-refractivity contribution in [1.29, 1.82) is 0 Å². The molecule has 0 bridgehead atoms. The molecule has 2 rings (SSSR count). The minimum Gasteiger partial charge on any atom is -0.358 e. The molecule has 76 valence electrons. The molecule has 6 nitrogen and oxygen atoms in total. The number of carbonyl (C=O) groups is 2. The summed E-state index contributed by atoms with van der Waals surface area (Å²) in [5.41, 5.74) is 5.28. The average molecular weight is 205 g/mol. The third-order valence-electron chi connectivity index (χ3n) is 1.84. The fourth-order valence-corrected chi connectivity index (χ4v) is 1.25. The van der Waals surface area contributed by atoms with E-state index in [2.05, 4.69) is 9.84 Å². The molecule has 0 atom stereocenters. The van der Waals surface area contributed by atoms with Crippen LogP contribution in [0.5, 0.6) is 0 Å². The molecule has 1 aromatic heterocycles. The largest absolute Gasteiger partial charge is 0.444 e. The van der Waals surface area contributed by atoms with Crippen molar-refractivity contribution >= 4 is 23.1 Å². The van der Waals surface area contributed by atoms with Gasteiger partial charge in [0.2, 0.25) is 0 Å². The lowest BCUT2D eigenvalue weighted by Crippen LogP contribution is -2.23. The number of carbonyl (C=O) groups excluding carboxylic acids is 2. The highest BCUT2D eigenvalue weighted by Crippen LogP contribution is 2.12. The van der Waals surface area contributed by atoms with Crippen molar-refractivity contribution in [3.05, 3.63) is 30.5 Å². The molecule has 0 aliphatic rings. The number of para-hydroxylation sites is 1. The van der Waals surface area contributed by atoms with Gasteiger partial charge in [-0.15, -0.1) is 0 Å². The van der Waals surface area contributed by atoms with Crippen molar-refractivity contribution in [2.24, 2.45) is 5.73 Å². The molecule has 1 aromatic carbocycles. The van der Waals surface area contributed by atoms with E-state index in [-0.39, 0.29) is 0 Å². The molecule has 0 aliphatic heterocycles. The number of ether oxygens (including phenoxy) is 1. The first-order chi connectivity index (χ1) is 7.18. The van der Waals surface area contributed by atoms with Crippen LogP contribution in [-0.2, 0) is 4.74 Å². The molecule has 0 unspecified atom stereocenters. The number of aromatic nitrogens is 2. The Morgan fingerprint density at radius 1 is 1.33 bits per heavy atom. The first-order valence-electron chi connectivity index (χ1n) is 4.13. The maximum absolute atomic E-state index is 11.3. The standard InChI is InChI=1S/C9H7N3O3/c10-8(13)15-9(14)12-7-4-2-1-3-6(7)5-11-12/h1-5H,(H2,10,13). The maximum atomic E-state index is 11.3. The third-order valence-corrected chi connectivity index (χ3v) is 1.84. The van der Waals surface area contributed by atoms with Gasteiger partial charge >= 0.3 is 12.2 Å². The van der Waals surface area contributed by atoms with E-state index in [0.29, 0.717) is 5.52 Å². The van der Waals surface area contributed by atoms with Gasteiger partial charge in [-0.25, -0.2) is 9.59 Å². The average Bonchev–Trinajstić information content (AvgIpc) is 2.59. The van der Waals surface area contributed by atoms with Crippen LogP contribution < -0.4 is 5.73 Å². The minimum absolute atomic E-state index is 0.559. The smallest absolute Gasteiger partial charge is 0.358 e. The van der Waals surface area contributed by atoms with Gasteiger partial charge < -0.3 is 10.5 Å². The highest BCUT2D eigenvalue weighted by Gasteiger charge is 2.13. The van der Waals surface area contributed by atoms with Crippen LogP contribution in [0.2, 0.25) is 0 Å². The lowest BCUT2D eigenvalue weighted by molar-refractivity contribution is 0.156. The Bertz CT molecular complexity index is 532. The number of rotatable bonds is 0. The lowest BCUT2D eigenvalue weighted by atomic mass is 10.3. The molecule has 0 aliphatic carbocycles. The predicted molar refractivity (Wildman–Crippen MR) is 51.2 cm³/mol. The van der Waals surface area contributed by atoms with Crippen molar-refractivity contribution < 1.29 is 14.3 Å². The Morgan fingerprint density at radius 2 is 2.07 bits per heavy atom. The second-order valence-electron chi connectivity index (χ2n) is 2.80. The Kier molecular flexibility index (Phi) is 2.09. The van der Waals surface area contributed by atoms with E-state index in [1.807, 2.05) is 6.07 Å². The molecular weight excluding hydrogens is 198 g/mol. The van der Waals surface area contributed by atoms with Gasteiger partial charge in [-0.3, -0.25) is 0 Å². The number of nitrogens with two attached hydrogens (primary N) is 1. The van der Waals surface area contributed by atoms with Gasteiger partial charge in [-0.1, -0.05) is 18.2 Å². The maximum Gasteiger partial charge on any atom is 0.444 e. The molecule has 0 saturated carbocycles. The number of benzene rings is 1. The predicted octanol–water partition coefficient (Wildman–Crippen LogP) is 1.10. The van der Waals surface area contributed by atoms with Crippen molar-refractivity contribution in [2.75, 3.05) is 0 Å². The summed E-state index contributed by atoms with van der Waals surface area (Å²) in [6.07, 6.45) is -0.569. The van der Waals surface area contributed by atoms with Gasteiger partial charge in [0.15, 0.2) is 0 Å². The Labute approximate surface area is 84.2 Å². The summed E-state index contributed by atoms with van der Waals surface area (Å²) in [7, 11) is 0. The number of amides is 1. The summed E-state index contributed by atoms with van der Waals surface area (Å²) in [5.74, 6) is 0. The van der Waals surface area contributed by atoms with E-state index < -0.39 is 12.2 Å². The second-order valence-corrected chi connectivity index (χ2v) is 2.80. The normalized spacial score (nSPS) is 10.1. The van der Waals surface area contributed by atoms with Crippen LogP contribution in [0.25, 0.3) is 10.9 Å². The quantitative estimate of drug-likeness (QED) is 0.652. The van der Waals surface area contributed by atoms with E-state index >= 15 is 0 Å². The van der Waals surface area contributed by atoms with Gasteiger partial charge in [0.25, 0.3) is 0 Å². The van der Waals surface area contributed by atoms with E-state index in [4.69, 9.17) is 5.73 Å². The Balaban J connectivity index is 2.44. The number of hydrogen-bond acceptors (Lipinski definition) is 4. The fraction of sp³-hybridized carbons (Fsp3) is 0. The topological polar surface area (TPSA) is 87.2 Å². The molecule has 0 saturated heterocycles. The number of hydrogen-bond donors (Lipinski definition) is 1. The van der Waals surface area contributed by atoms with Crippen LogP contribution >= 0.6 is 0 Å². The van der Waals surface area contributed by atoms with Gasteiger partial charge in [0.05, 0.1) is 11.7 Å². The van der Waals surface area contributed by atoms with E-state index in [9.17, 15) is 9.59 Å². The summed E-state index contributed by atoms with van der Waals surface area (Å²) in [4.78, 5) is 21.7. The zero-order valence-electron chi connectivity index (χ0n) is 7.58. The minimum atomic E-state index is -1.15. The van der Waals surface area contributed by atoms with Crippen molar-refractivity contribution in [1.82, 2.24) is 9.78 Å². The number of primary amides is 1. The molecular formula is C9H7N3O3. The highest BCUT2D eigenvalue weighted by atomic mass is 16.6. The third kappa shape index (κ3) is 1.64.